The number of carbonyl (C=O) groups is 2. The standard InChI is InChI=1S/C14H17IN2O3/c1-14(2)6-3-7-17(14)13(20)16-11-5-4-9(15)8-10(11)12(18)19/h4-5,8H,3,6-7H2,1-2H3,(H,16,20)(H,18,19). The van der Waals surface area contributed by atoms with Crippen molar-refractivity contribution in [1.82, 2.24) is 4.90 Å². The molecule has 1 aliphatic rings. The van der Waals surface area contributed by atoms with Crippen LogP contribution in [0.4, 0.5) is 10.5 Å². The van der Waals surface area contributed by atoms with Crippen LogP contribution in [0.2, 0.25) is 0 Å². The molecule has 1 heterocycles. The minimum atomic E-state index is -1.04. The predicted molar refractivity (Wildman–Crippen MR) is 85.2 cm³/mol. The molecule has 0 bridgehead atoms. The summed E-state index contributed by atoms with van der Waals surface area (Å²) >= 11 is 2.05. The molecule has 0 spiro atoms. The first-order valence-electron chi connectivity index (χ1n) is 6.43. The number of halogens is 1. The summed E-state index contributed by atoms with van der Waals surface area (Å²) in [7, 11) is 0. The molecule has 1 aliphatic heterocycles. The molecule has 1 aromatic carbocycles. The van der Waals surface area contributed by atoms with Gasteiger partial charge in [0.05, 0.1) is 11.3 Å². The summed E-state index contributed by atoms with van der Waals surface area (Å²) in [6.45, 7) is 4.74. The molecule has 108 valence electrons. The Morgan fingerprint density at radius 1 is 1.40 bits per heavy atom. The van der Waals surface area contributed by atoms with E-state index in [1.54, 1.807) is 23.1 Å². The molecular weight excluding hydrogens is 371 g/mol. The van der Waals surface area contributed by atoms with Crippen molar-refractivity contribution in [2.24, 2.45) is 0 Å². The molecule has 0 aliphatic carbocycles. The van der Waals surface area contributed by atoms with Gasteiger partial charge in [0.25, 0.3) is 0 Å². The quantitative estimate of drug-likeness (QED) is 0.764. The number of rotatable bonds is 2. The molecule has 20 heavy (non-hydrogen) atoms. The van der Waals surface area contributed by atoms with Crippen LogP contribution in [0.15, 0.2) is 18.2 Å². The van der Waals surface area contributed by atoms with Crippen LogP contribution in [0.25, 0.3) is 0 Å². The number of likely N-dealkylation sites (tertiary alicyclic amines) is 1. The SMILES string of the molecule is CC1(C)CCCN1C(=O)Nc1ccc(I)cc1C(=O)O. The monoisotopic (exact) mass is 388 g/mol. The zero-order valence-electron chi connectivity index (χ0n) is 11.4. The largest absolute Gasteiger partial charge is 0.478 e. The van der Waals surface area contributed by atoms with E-state index < -0.39 is 5.97 Å². The molecule has 0 radical (unpaired) electrons. The van der Waals surface area contributed by atoms with E-state index in [0.29, 0.717) is 12.2 Å². The fourth-order valence-electron chi connectivity index (χ4n) is 2.47. The smallest absolute Gasteiger partial charge is 0.337 e. The van der Waals surface area contributed by atoms with Crippen LogP contribution in [-0.2, 0) is 0 Å². The third kappa shape index (κ3) is 3.05. The van der Waals surface area contributed by atoms with E-state index in [0.717, 1.165) is 16.4 Å². The van der Waals surface area contributed by atoms with Crippen molar-refractivity contribution in [2.45, 2.75) is 32.2 Å². The highest BCUT2D eigenvalue weighted by atomic mass is 127. The van der Waals surface area contributed by atoms with Crippen LogP contribution in [-0.4, -0.2) is 34.1 Å². The summed E-state index contributed by atoms with van der Waals surface area (Å²) in [4.78, 5) is 25.3. The van der Waals surface area contributed by atoms with Crippen LogP contribution in [0.5, 0.6) is 0 Å². The second-order valence-corrected chi connectivity index (χ2v) is 6.74. The molecule has 0 saturated carbocycles. The first-order valence-corrected chi connectivity index (χ1v) is 7.50. The highest BCUT2D eigenvalue weighted by Gasteiger charge is 2.35. The highest BCUT2D eigenvalue weighted by molar-refractivity contribution is 14.1. The number of hydrogen-bond donors (Lipinski definition) is 2. The lowest BCUT2D eigenvalue weighted by Crippen LogP contribution is -2.45. The Kier molecular flexibility index (Phi) is 4.22. The molecular formula is C14H17IN2O3. The minimum Gasteiger partial charge on any atom is -0.478 e. The van der Waals surface area contributed by atoms with Gasteiger partial charge in [-0.3, -0.25) is 0 Å². The second kappa shape index (κ2) is 5.59. The topological polar surface area (TPSA) is 69.6 Å². The minimum absolute atomic E-state index is 0.113. The average Bonchev–Trinajstić information content (AvgIpc) is 2.71. The number of carboxylic acids is 1. The zero-order chi connectivity index (χ0) is 14.9. The highest BCUT2D eigenvalue weighted by Crippen LogP contribution is 2.29. The molecule has 0 unspecified atom stereocenters. The van der Waals surface area contributed by atoms with Gasteiger partial charge in [-0.05, 0) is 67.5 Å². The van der Waals surface area contributed by atoms with Crippen LogP contribution >= 0.6 is 22.6 Å². The van der Waals surface area contributed by atoms with Crippen LogP contribution in [0, 0.1) is 3.57 Å². The number of carboxylic acid groups (broad SMARTS) is 1. The number of anilines is 1. The van der Waals surface area contributed by atoms with Gasteiger partial charge < -0.3 is 15.3 Å². The van der Waals surface area contributed by atoms with Crippen molar-refractivity contribution in [2.75, 3.05) is 11.9 Å². The summed E-state index contributed by atoms with van der Waals surface area (Å²) in [5, 5.41) is 11.9. The third-order valence-corrected chi connectivity index (χ3v) is 4.27. The summed E-state index contributed by atoms with van der Waals surface area (Å²) in [5.41, 5.74) is 0.268. The van der Waals surface area contributed by atoms with E-state index in [1.165, 1.54) is 0 Å². The average molecular weight is 388 g/mol. The fourth-order valence-corrected chi connectivity index (χ4v) is 2.96. The van der Waals surface area contributed by atoms with Crippen molar-refractivity contribution in [3.8, 4) is 0 Å². The van der Waals surface area contributed by atoms with Crippen LogP contribution in [0.1, 0.15) is 37.0 Å². The van der Waals surface area contributed by atoms with Crippen molar-refractivity contribution >= 4 is 40.3 Å². The van der Waals surface area contributed by atoms with Gasteiger partial charge >= 0.3 is 12.0 Å². The van der Waals surface area contributed by atoms with Crippen LogP contribution < -0.4 is 5.32 Å². The van der Waals surface area contributed by atoms with Gasteiger partial charge in [0.2, 0.25) is 0 Å². The number of nitrogens with one attached hydrogen (secondary N) is 1. The Morgan fingerprint density at radius 2 is 2.10 bits per heavy atom. The van der Waals surface area contributed by atoms with Crippen molar-refractivity contribution in [3.63, 3.8) is 0 Å². The van der Waals surface area contributed by atoms with E-state index in [1.807, 2.05) is 36.4 Å². The lowest BCUT2D eigenvalue weighted by atomic mass is 10.0. The van der Waals surface area contributed by atoms with E-state index in [9.17, 15) is 14.7 Å². The number of urea groups is 1. The number of nitrogens with zero attached hydrogens (tertiary/aromatic N) is 1. The maximum Gasteiger partial charge on any atom is 0.337 e. The number of carbonyl (C=O) groups excluding carboxylic acids is 1. The summed E-state index contributed by atoms with van der Waals surface area (Å²) < 4.78 is 0.819. The van der Waals surface area contributed by atoms with Gasteiger partial charge in [0.1, 0.15) is 0 Å². The lowest BCUT2D eigenvalue weighted by Gasteiger charge is -2.31. The Labute approximate surface area is 131 Å². The van der Waals surface area contributed by atoms with E-state index in [2.05, 4.69) is 5.32 Å². The van der Waals surface area contributed by atoms with Gasteiger partial charge in [-0.2, -0.15) is 0 Å². The Morgan fingerprint density at radius 3 is 2.65 bits per heavy atom. The molecule has 1 saturated heterocycles. The molecule has 2 amide bonds. The normalized spacial score (nSPS) is 17.1. The molecule has 2 rings (SSSR count). The van der Waals surface area contributed by atoms with E-state index in [4.69, 9.17) is 0 Å². The maximum atomic E-state index is 12.3. The van der Waals surface area contributed by atoms with Gasteiger partial charge in [0.15, 0.2) is 0 Å². The molecule has 5 nitrogen and oxygen atoms in total. The van der Waals surface area contributed by atoms with Gasteiger partial charge in [0, 0.05) is 15.7 Å². The summed E-state index contributed by atoms with van der Waals surface area (Å²) in [6, 6.07) is 4.72. The van der Waals surface area contributed by atoms with Gasteiger partial charge in [-0.25, -0.2) is 9.59 Å². The first-order chi connectivity index (χ1) is 9.31. The molecule has 1 fully saturated rings. The summed E-state index contributed by atoms with van der Waals surface area (Å²) in [5.74, 6) is -1.04. The van der Waals surface area contributed by atoms with E-state index >= 15 is 0 Å². The number of aromatic carboxylic acids is 1. The third-order valence-electron chi connectivity index (χ3n) is 3.60. The molecule has 0 aromatic heterocycles. The molecule has 2 N–H and O–H groups in total. The number of hydrogen-bond acceptors (Lipinski definition) is 2. The van der Waals surface area contributed by atoms with Crippen molar-refractivity contribution < 1.29 is 14.7 Å². The lowest BCUT2D eigenvalue weighted by molar-refractivity contribution is 0.0698. The number of amides is 2. The van der Waals surface area contributed by atoms with E-state index in [-0.39, 0.29) is 17.1 Å². The van der Waals surface area contributed by atoms with Crippen molar-refractivity contribution in [1.29, 1.82) is 0 Å². The predicted octanol–water partition coefficient (Wildman–Crippen LogP) is 3.40. The molecule has 1 aromatic rings. The number of benzene rings is 1. The van der Waals surface area contributed by atoms with Gasteiger partial charge in [-0.1, -0.05) is 0 Å². The molecule has 0 atom stereocenters. The van der Waals surface area contributed by atoms with Gasteiger partial charge in [-0.15, -0.1) is 0 Å². The summed E-state index contributed by atoms with van der Waals surface area (Å²) in [6.07, 6.45) is 1.93. The first kappa shape index (κ1) is 15.1. The zero-order valence-corrected chi connectivity index (χ0v) is 13.6. The van der Waals surface area contributed by atoms with Crippen molar-refractivity contribution in [3.05, 3.63) is 27.3 Å². The molecule has 6 heteroatoms. The Hall–Kier alpha value is -1.31. The van der Waals surface area contributed by atoms with Crippen LogP contribution in [0.3, 0.4) is 0 Å². The Balaban J connectivity index is 2.22. The second-order valence-electron chi connectivity index (χ2n) is 5.49. The fraction of sp³-hybridized carbons (Fsp3) is 0.429. The Bertz CT molecular complexity index is 557. The maximum absolute atomic E-state index is 12.3.